The van der Waals surface area contributed by atoms with Crippen molar-refractivity contribution in [1.82, 2.24) is 15.5 Å². The van der Waals surface area contributed by atoms with Crippen LogP contribution in [0.15, 0.2) is 0 Å². The number of rotatable bonds is 5. The van der Waals surface area contributed by atoms with Gasteiger partial charge in [0.25, 0.3) is 0 Å². The molecule has 0 aromatic carbocycles. The predicted octanol–water partition coefficient (Wildman–Crippen LogP) is 2.66. The minimum absolute atomic E-state index is 0.0778. The lowest BCUT2D eigenvalue weighted by molar-refractivity contribution is -0.132. The standard InChI is InChI=1S/C17H31N3O2/c1-14-7-6-12-20(13-14)16(21)10-5-11-18-17(22)19-15-8-3-2-4-9-15/h14-15H,2-13H2,1H3,(H2,18,19,22). The Bertz CT molecular complexity index is 367. The van der Waals surface area contributed by atoms with Gasteiger partial charge in [0.1, 0.15) is 0 Å². The maximum atomic E-state index is 12.1. The molecule has 0 aromatic heterocycles. The summed E-state index contributed by atoms with van der Waals surface area (Å²) in [7, 11) is 0. The summed E-state index contributed by atoms with van der Waals surface area (Å²) in [5, 5.41) is 5.91. The number of hydrogen-bond acceptors (Lipinski definition) is 2. The van der Waals surface area contributed by atoms with Crippen molar-refractivity contribution in [2.75, 3.05) is 19.6 Å². The number of urea groups is 1. The molecule has 1 aliphatic heterocycles. The molecule has 5 nitrogen and oxygen atoms in total. The second kappa shape index (κ2) is 9.01. The first-order valence-electron chi connectivity index (χ1n) is 8.97. The number of nitrogens with one attached hydrogen (secondary N) is 2. The third-order valence-electron chi connectivity index (χ3n) is 4.80. The smallest absolute Gasteiger partial charge is 0.315 e. The largest absolute Gasteiger partial charge is 0.342 e. The van der Waals surface area contributed by atoms with Gasteiger partial charge in [-0.05, 0) is 38.0 Å². The highest BCUT2D eigenvalue weighted by molar-refractivity contribution is 5.76. The summed E-state index contributed by atoms with van der Waals surface area (Å²) < 4.78 is 0. The van der Waals surface area contributed by atoms with Crippen LogP contribution in [0.5, 0.6) is 0 Å². The average Bonchev–Trinajstić information content (AvgIpc) is 2.52. The van der Waals surface area contributed by atoms with E-state index >= 15 is 0 Å². The van der Waals surface area contributed by atoms with Crippen LogP contribution >= 0.6 is 0 Å². The molecule has 2 fully saturated rings. The molecular formula is C17H31N3O2. The van der Waals surface area contributed by atoms with Crippen molar-refractivity contribution in [3.63, 3.8) is 0 Å². The molecule has 1 atom stereocenters. The fourth-order valence-corrected chi connectivity index (χ4v) is 3.50. The molecule has 2 N–H and O–H groups in total. The Morgan fingerprint density at radius 1 is 1.09 bits per heavy atom. The van der Waals surface area contributed by atoms with Crippen LogP contribution in [-0.2, 0) is 4.79 Å². The van der Waals surface area contributed by atoms with E-state index in [4.69, 9.17) is 0 Å². The lowest BCUT2D eigenvalue weighted by Gasteiger charge is -2.31. The monoisotopic (exact) mass is 309 g/mol. The van der Waals surface area contributed by atoms with E-state index in [0.29, 0.717) is 24.9 Å². The summed E-state index contributed by atoms with van der Waals surface area (Å²) in [6.07, 6.45) is 9.52. The summed E-state index contributed by atoms with van der Waals surface area (Å²) in [6, 6.07) is 0.260. The summed E-state index contributed by atoms with van der Waals surface area (Å²) >= 11 is 0. The van der Waals surface area contributed by atoms with Gasteiger partial charge < -0.3 is 15.5 Å². The third kappa shape index (κ3) is 5.85. The molecule has 0 bridgehead atoms. The molecule has 1 aliphatic carbocycles. The van der Waals surface area contributed by atoms with Crippen LogP contribution in [0.25, 0.3) is 0 Å². The van der Waals surface area contributed by atoms with Crippen molar-refractivity contribution in [2.45, 2.75) is 70.8 Å². The van der Waals surface area contributed by atoms with Gasteiger partial charge in [-0.3, -0.25) is 4.79 Å². The quantitative estimate of drug-likeness (QED) is 0.767. The van der Waals surface area contributed by atoms with Crippen LogP contribution in [0.3, 0.4) is 0 Å². The first kappa shape index (κ1) is 17.1. The maximum Gasteiger partial charge on any atom is 0.315 e. The Hall–Kier alpha value is -1.26. The van der Waals surface area contributed by atoms with E-state index in [9.17, 15) is 9.59 Å². The molecule has 1 unspecified atom stereocenters. The minimum atomic E-state index is -0.0778. The van der Waals surface area contributed by atoms with Gasteiger partial charge in [0.15, 0.2) is 0 Å². The third-order valence-corrected chi connectivity index (χ3v) is 4.80. The lowest BCUT2D eigenvalue weighted by atomic mass is 9.96. The van der Waals surface area contributed by atoms with Gasteiger partial charge in [-0.15, -0.1) is 0 Å². The normalized spacial score (nSPS) is 23.1. The number of likely N-dealkylation sites (tertiary alicyclic amines) is 1. The van der Waals surface area contributed by atoms with Crippen LogP contribution < -0.4 is 10.6 Å². The first-order chi connectivity index (χ1) is 10.6. The van der Waals surface area contributed by atoms with E-state index in [1.54, 1.807) is 0 Å². The summed E-state index contributed by atoms with van der Waals surface area (Å²) in [4.78, 5) is 25.9. The van der Waals surface area contributed by atoms with Gasteiger partial charge in [-0.2, -0.15) is 0 Å². The zero-order chi connectivity index (χ0) is 15.8. The molecule has 126 valence electrons. The number of amides is 3. The van der Waals surface area contributed by atoms with E-state index in [1.807, 2.05) is 4.90 Å². The summed E-state index contributed by atoms with van der Waals surface area (Å²) in [6.45, 7) is 4.58. The molecule has 0 aromatic rings. The number of hydrogen-bond donors (Lipinski definition) is 2. The molecule has 0 radical (unpaired) electrons. The lowest BCUT2D eigenvalue weighted by Crippen LogP contribution is -2.43. The average molecular weight is 309 g/mol. The van der Waals surface area contributed by atoms with Gasteiger partial charge in [0.05, 0.1) is 0 Å². The zero-order valence-electron chi connectivity index (χ0n) is 13.9. The molecule has 22 heavy (non-hydrogen) atoms. The van der Waals surface area contributed by atoms with Gasteiger partial charge in [0.2, 0.25) is 5.91 Å². The fraction of sp³-hybridized carbons (Fsp3) is 0.882. The van der Waals surface area contributed by atoms with E-state index in [1.165, 1.54) is 25.7 Å². The molecule has 1 heterocycles. The van der Waals surface area contributed by atoms with Gasteiger partial charge in [0, 0.05) is 32.1 Å². The Labute approximate surface area is 134 Å². The highest BCUT2D eigenvalue weighted by Gasteiger charge is 2.20. The highest BCUT2D eigenvalue weighted by atomic mass is 16.2. The summed E-state index contributed by atoms with van der Waals surface area (Å²) in [5.74, 6) is 0.859. The number of carbonyl (C=O) groups is 2. The van der Waals surface area contributed by atoms with Crippen molar-refractivity contribution < 1.29 is 9.59 Å². The van der Waals surface area contributed by atoms with Gasteiger partial charge in [-0.1, -0.05) is 26.2 Å². The van der Waals surface area contributed by atoms with Crippen LogP contribution in [0.4, 0.5) is 4.79 Å². The van der Waals surface area contributed by atoms with Crippen molar-refractivity contribution in [2.24, 2.45) is 5.92 Å². The van der Waals surface area contributed by atoms with Crippen molar-refractivity contribution in [3.8, 4) is 0 Å². The number of piperidine rings is 1. The molecule has 1 saturated heterocycles. The van der Waals surface area contributed by atoms with Crippen molar-refractivity contribution in [1.29, 1.82) is 0 Å². The Morgan fingerprint density at radius 2 is 1.86 bits per heavy atom. The Kier molecular flexibility index (Phi) is 7.00. The van der Waals surface area contributed by atoms with E-state index in [-0.39, 0.29) is 11.9 Å². The van der Waals surface area contributed by atoms with Crippen LogP contribution in [0, 0.1) is 5.92 Å². The molecule has 0 spiro atoms. The van der Waals surface area contributed by atoms with Crippen LogP contribution in [-0.4, -0.2) is 42.5 Å². The zero-order valence-corrected chi connectivity index (χ0v) is 13.9. The second-order valence-electron chi connectivity index (χ2n) is 6.93. The maximum absolute atomic E-state index is 12.1. The Balaban J connectivity index is 1.54. The van der Waals surface area contributed by atoms with Crippen LogP contribution in [0.1, 0.15) is 64.7 Å². The molecule has 2 aliphatic rings. The van der Waals surface area contributed by atoms with E-state index in [2.05, 4.69) is 17.6 Å². The minimum Gasteiger partial charge on any atom is -0.342 e. The van der Waals surface area contributed by atoms with Gasteiger partial charge >= 0.3 is 6.03 Å². The molecular weight excluding hydrogens is 278 g/mol. The number of nitrogens with zero attached hydrogens (tertiary/aromatic N) is 1. The molecule has 3 amide bonds. The highest BCUT2D eigenvalue weighted by Crippen LogP contribution is 2.17. The van der Waals surface area contributed by atoms with Crippen molar-refractivity contribution in [3.05, 3.63) is 0 Å². The van der Waals surface area contributed by atoms with Gasteiger partial charge in [-0.25, -0.2) is 4.79 Å². The SMILES string of the molecule is CC1CCCN(C(=O)CCCNC(=O)NC2CCCCC2)C1. The number of carbonyl (C=O) groups excluding carboxylic acids is 2. The van der Waals surface area contributed by atoms with E-state index in [0.717, 1.165) is 38.8 Å². The predicted molar refractivity (Wildman–Crippen MR) is 87.6 cm³/mol. The first-order valence-corrected chi connectivity index (χ1v) is 8.97. The second-order valence-corrected chi connectivity index (χ2v) is 6.93. The topological polar surface area (TPSA) is 61.4 Å². The molecule has 5 heteroatoms. The molecule has 2 rings (SSSR count). The fourth-order valence-electron chi connectivity index (χ4n) is 3.50. The Morgan fingerprint density at radius 3 is 2.59 bits per heavy atom. The van der Waals surface area contributed by atoms with Crippen LogP contribution in [0.2, 0.25) is 0 Å². The summed E-state index contributed by atoms with van der Waals surface area (Å²) in [5.41, 5.74) is 0. The van der Waals surface area contributed by atoms with E-state index < -0.39 is 0 Å². The van der Waals surface area contributed by atoms with Crippen molar-refractivity contribution >= 4 is 11.9 Å². The molecule has 1 saturated carbocycles.